The van der Waals surface area contributed by atoms with Gasteiger partial charge in [0.1, 0.15) is 0 Å². The van der Waals surface area contributed by atoms with Crippen LogP contribution in [-0.2, 0) is 6.42 Å². The van der Waals surface area contributed by atoms with Crippen molar-refractivity contribution in [2.24, 2.45) is 11.7 Å². The average Bonchev–Trinajstić information content (AvgIpc) is 2.83. The van der Waals surface area contributed by atoms with E-state index in [2.05, 4.69) is 41.8 Å². The summed E-state index contributed by atoms with van der Waals surface area (Å²) in [6.45, 7) is 4.33. The summed E-state index contributed by atoms with van der Waals surface area (Å²) < 4.78 is 0. The second-order valence-electron chi connectivity index (χ2n) is 4.16. The number of rotatable bonds is 3. The third kappa shape index (κ3) is 1.93. The van der Waals surface area contributed by atoms with Gasteiger partial charge in [-0.05, 0) is 25.0 Å². The summed E-state index contributed by atoms with van der Waals surface area (Å²) in [7, 11) is 0. The lowest BCUT2D eigenvalue weighted by Crippen LogP contribution is -2.39. The highest BCUT2D eigenvalue weighted by Gasteiger charge is 2.33. The molecule has 2 heterocycles. The first kappa shape index (κ1) is 10.7. The molecule has 1 fully saturated rings. The van der Waals surface area contributed by atoms with Crippen LogP contribution in [0.3, 0.4) is 0 Å². The van der Waals surface area contributed by atoms with E-state index in [1.165, 1.54) is 11.4 Å². The van der Waals surface area contributed by atoms with E-state index >= 15 is 0 Å². The molecule has 0 aromatic carbocycles. The summed E-state index contributed by atoms with van der Waals surface area (Å²) >= 11 is 0. The van der Waals surface area contributed by atoms with Crippen LogP contribution in [0.2, 0.25) is 0 Å². The smallest absolute Gasteiger partial charge is 0.0727 e. The number of hydrogen-bond acceptors (Lipinski definition) is 3. The molecule has 1 saturated heterocycles. The molecular weight excluding hydrogens is 188 g/mol. The lowest BCUT2D eigenvalue weighted by Gasteiger charge is -2.17. The van der Waals surface area contributed by atoms with Crippen molar-refractivity contribution >= 4 is 0 Å². The molecule has 1 aliphatic heterocycles. The zero-order valence-electron chi connectivity index (χ0n) is 9.38. The van der Waals surface area contributed by atoms with E-state index in [0.29, 0.717) is 12.0 Å². The SMILES string of the molecule is CCc1ccc(C2NNC(N)C2CC)[nH]1. The van der Waals surface area contributed by atoms with Crippen LogP contribution in [0, 0.1) is 5.92 Å². The van der Waals surface area contributed by atoms with Gasteiger partial charge >= 0.3 is 0 Å². The summed E-state index contributed by atoms with van der Waals surface area (Å²) in [4.78, 5) is 3.43. The largest absolute Gasteiger partial charge is 0.361 e. The molecule has 0 radical (unpaired) electrons. The van der Waals surface area contributed by atoms with E-state index in [-0.39, 0.29) is 6.17 Å². The van der Waals surface area contributed by atoms with E-state index in [1.54, 1.807) is 0 Å². The highest BCUT2D eigenvalue weighted by molar-refractivity contribution is 5.18. The Bertz CT molecular complexity index is 320. The van der Waals surface area contributed by atoms with Crippen LogP contribution >= 0.6 is 0 Å². The molecule has 1 aromatic heterocycles. The van der Waals surface area contributed by atoms with E-state index < -0.39 is 0 Å². The van der Waals surface area contributed by atoms with Gasteiger partial charge in [0.05, 0.1) is 12.2 Å². The van der Waals surface area contributed by atoms with Crippen molar-refractivity contribution < 1.29 is 0 Å². The fourth-order valence-electron chi connectivity index (χ4n) is 2.25. The summed E-state index contributed by atoms with van der Waals surface area (Å²) in [6.07, 6.45) is 2.17. The van der Waals surface area contributed by atoms with E-state index in [0.717, 1.165) is 12.8 Å². The third-order valence-corrected chi connectivity index (χ3v) is 3.25. The van der Waals surface area contributed by atoms with Crippen LogP contribution in [0.5, 0.6) is 0 Å². The van der Waals surface area contributed by atoms with E-state index in [1.807, 2.05) is 0 Å². The highest BCUT2D eigenvalue weighted by atomic mass is 15.5. The molecule has 0 amide bonds. The van der Waals surface area contributed by atoms with Gasteiger partial charge in [0.25, 0.3) is 0 Å². The van der Waals surface area contributed by atoms with Gasteiger partial charge in [-0.15, -0.1) is 0 Å². The van der Waals surface area contributed by atoms with E-state index in [4.69, 9.17) is 5.73 Å². The minimum absolute atomic E-state index is 0.0494. The summed E-state index contributed by atoms with van der Waals surface area (Å²) in [5.41, 5.74) is 14.8. The molecule has 1 aliphatic rings. The van der Waals surface area contributed by atoms with Gasteiger partial charge < -0.3 is 10.7 Å². The Labute approximate surface area is 90.6 Å². The standard InChI is InChI=1S/C11H20N4/c1-3-7-5-6-9(13-7)10-8(4-2)11(12)15-14-10/h5-6,8,10-11,13-15H,3-4,12H2,1-2H3. The zero-order valence-corrected chi connectivity index (χ0v) is 9.38. The van der Waals surface area contributed by atoms with Crippen molar-refractivity contribution in [1.82, 2.24) is 15.8 Å². The maximum absolute atomic E-state index is 5.97. The highest BCUT2D eigenvalue weighted by Crippen LogP contribution is 2.28. The maximum Gasteiger partial charge on any atom is 0.0727 e. The normalized spacial score (nSPS) is 31.0. The Morgan fingerprint density at radius 1 is 1.27 bits per heavy atom. The van der Waals surface area contributed by atoms with Crippen molar-refractivity contribution in [3.05, 3.63) is 23.5 Å². The monoisotopic (exact) mass is 208 g/mol. The molecule has 4 heteroatoms. The van der Waals surface area contributed by atoms with Crippen molar-refractivity contribution in [2.75, 3.05) is 0 Å². The summed E-state index contributed by atoms with van der Waals surface area (Å²) in [5.74, 6) is 0.452. The first-order valence-corrected chi connectivity index (χ1v) is 5.70. The molecule has 0 saturated carbocycles. The fraction of sp³-hybridized carbons (Fsp3) is 0.636. The molecule has 0 bridgehead atoms. The molecule has 0 spiro atoms. The van der Waals surface area contributed by atoms with Crippen molar-refractivity contribution in [3.8, 4) is 0 Å². The number of H-pyrrole nitrogens is 1. The summed E-state index contributed by atoms with van der Waals surface area (Å²) in [6, 6.07) is 4.61. The van der Waals surface area contributed by atoms with Gasteiger partial charge in [-0.25, -0.2) is 10.9 Å². The van der Waals surface area contributed by atoms with Gasteiger partial charge in [0, 0.05) is 17.3 Å². The van der Waals surface area contributed by atoms with Crippen LogP contribution in [0.15, 0.2) is 12.1 Å². The molecule has 15 heavy (non-hydrogen) atoms. The second kappa shape index (κ2) is 4.35. The third-order valence-electron chi connectivity index (χ3n) is 3.25. The summed E-state index contributed by atoms with van der Waals surface area (Å²) in [5, 5.41) is 0. The lowest BCUT2D eigenvalue weighted by molar-refractivity contribution is 0.406. The molecule has 1 aromatic rings. The Hall–Kier alpha value is -0.840. The molecular formula is C11H20N4. The topological polar surface area (TPSA) is 65.9 Å². The molecule has 3 atom stereocenters. The van der Waals surface area contributed by atoms with Gasteiger partial charge in [0.15, 0.2) is 0 Å². The van der Waals surface area contributed by atoms with Gasteiger partial charge in [-0.1, -0.05) is 13.8 Å². The quantitative estimate of drug-likeness (QED) is 0.600. The minimum Gasteiger partial charge on any atom is -0.361 e. The number of hydrogen-bond donors (Lipinski definition) is 4. The van der Waals surface area contributed by atoms with Crippen LogP contribution in [-0.4, -0.2) is 11.1 Å². The number of nitrogens with one attached hydrogen (secondary N) is 3. The van der Waals surface area contributed by atoms with Crippen LogP contribution < -0.4 is 16.6 Å². The number of aromatic nitrogens is 1. The molecule has 84 valence electrons. The first-order chi connectivity index (χ1) is 7.26. The maximum atomic E-state index is 5.97. The number of hydrazine groups is 1. The van der Waals surface area contributed by atoms with Crippen LogP contribution in [0.4, 0.5) is 0 Å². The lowest BCUT2D eigenvalue weighted by atomic mass is 9.94. The van der Waals surface area contributed by atoms with Gasteiger partial charge in [-0.2, -0.15) is 0 Å². The molecule has 2 rings (SSSR count). The van der Waals surface area contributed by atoms with Gasteiger partial charge in [0.2, 0.25) is 0 Å². The molecule has 3 unspecified atom stereocenters. The van der Waals surface area contributed by atoms with Gasteiger partial charge in [-0.3, -0.25) is 0 Å². The predicted molar refractivity (Wildman–Crippen MR) is 60.9 cm³/mol. The van der Waals surface area contributed by atoms with Crippen molar-refractivity contribution in [1.29, 1.82) is 0 Å². The molecule has 4 nitrogen and oxygen atoms in total. The van der Waals surface area contributed by atoms with Crippen molar-refractivity contribution in [2.45, 2.75) is 38.9 Å². The Morgan fingerprint density at radius 2 is 2.07 bits per heavy atom. The molecule has 5 N–H and O–H groups in total. The number of nitrogens with two attached hydrogens (primary N) is 1. The second-order valence-corrected chi connectivity index (χ2v) is 4.16. The first-order valence-electron chi connectivity index (χ1n) is 5.70. The Morgan fingerprint density at radius 3 is 2.67 bits per heavy atom. The number of aromatic amines is 1. The fourth-order valence-corrected chi connectivity index (χ4v) is 2.25. The van der Waals surface area contributed by atoms with Crippen LogP contribution in [0.25, 0.3) is 0 Å². The Kier molecular flexibility index (Phi) is 3.09. The van der Waals surface area contributed by atoms with Crippen LogP contribution in [0.1, 0.15) is 37.7 Å². The van der Waals surface area contributed by atoms with Crippen molar-refractivity contribution in [3.63, 3.8) is 0 Å². The minimum atomic E-state index is 0.0494. The van der Waals surface area contributed by atoms with E-state index in [9.17, 15) is 0 Å². The average molecular weight is 208 g/mol. The zero-order chi connectivity index (χ0) is 10.8. The molecule has 0 aliphatic carbocycles. The predicted octanol–water partition coefficient (Wildman–Crippen LogP) is 1.04. The number of aryl methyl sites for hydroxylation is 1. The Balaban J connectivity index is 2.16.